The Morgan fingerprint density at radius 2 is 2.11 bits per heavy atom. The Kier molecular flexibility index (Phi) is 4.53. The predicted molar refractivity (Wildman–Crippen MR) is 72.9 cm³/mol. The molecule has 0 saturated carbocycles. The number of ether oxygens (including phenoxy) is 1. The molecular formula is C14H23N3O. The quantitative estimate of drug-likeness (QED) is 0.842. The van der Waals surface area contributed by atoms with Gasteiger partial charge in [0.15, 0.2) is 5.82 Å². The lowest BCUT2D eigenvalue weighted by atomic mass is 10.1. The fraction of sp³-hybridized carbons (Fsp3) is 0.714. The van der Waals surface area contributed by atoms with Gasteiger partial charge in [0.1, 0.15) is 11.9 Å². The SMILES string of the molecule is CCCC(OC)c1nc2c(c(NCC)n1)CCC2. The van der Waals surface area contributed by atoms with E-state index in [0.717, 1.165) is 43.9 Å². The number of fused-ring (bicyclic) bond motifs is 1. The van der Waals surface area contributed by atoms with Crippen molar-refractivity contribution in [1.82, 2.24) is 9.97 Å². The van der Waals surface area contributed by atoms with Gasteiger partial charge in [-0.25, -0.2) is 9.97 Å². The monoisotopic (exact) mass is 249 g/mol. The maximum atomic E-state index is 5.52. The summed E-state index contributed by atoms with van der Waals surface area (Å²) in [5, 5.41) is 3.36. The molecule has 100 valence electrons. The summed E-state index contributed by atoms with van der Waals surface area (Å²) in [6.07, 6.45) is 5.45. The van der Waals surface area contributed by atoms with Crippen LogP contribution in [0.2, 0.25) is 0 Å². The maximum absolute atomic E-state index is 5.52. The van der Waals surface area contributed by atoms with Crippen molar-refractivity contribution in [2.45, 2.75) is 52.1 Å². The third-order valence-corrected chi connectivity index (χ3v) is 3.42. The van der Waals surface area contributed by atoms with E-state index in [9.17, 15) is 0 Å². The average molecular weight is 249 g/mol. The average Bonchev–Trinajstić information content (AvgIpc) is 2.84. The van der Waals surface area contributed by atoms with Crippen molar-refractivity contribution in [3.8, 4) is 0 Å². The lowest BCUT2D eigenvalue weighted by Gasteiger charge is -2.16. The van der Waals surface area contributed by atoms with Gasteiger partial charge in [0, 0.05) is 24.9 Å². The smallest absolute Gasteiger partial charge is 0.159 e. The second-order valence-corrected chi connectivity index (χ2v) is 4.75. The second-order valence-electron chi connectivity index (χ2n) is 4.75. The molecule has 1 aliphatic carbocycles. The van der Waals surface area contributed by atoms with Gasteiger partial charge in [-0.1, -0.05) is 13.3 Å². The van der Waals surface area contributed by atoms with E-state index in [2.05, 4.69) is 24.1 Å². The molecule has 1 unspecified atom stereocenters. The molecule has 0 radical (unpaired) electrons. The van der Waals surface area contributed by atoms with E-state index in [1.54, 1.807) is 7.11 Å². The predicted octanol–water partition coefficient (Wildman–Crippen LogP) is 2.88. The minimum Gasteiger partial charge on any atom is -0.373 e. The van der Waals surface area contributed by atoms with Crippen LogP contribution in [0.1, 0.15) is 56.3 Å². The number of rotatable bonds is 6. The van der Waals surface area contributed by atoms with Gasteiger partial charge in [-0.3, -0.25) is 0 Å². The molecular weight excluding hydrogens is 226 g/mol. The van der Waals surface area contributed by atoms with Gasteiger partial charge in [-0.2, -0.15) is 0 Å². The van der Waals surface area contributed by atoms with Crippen molar-refractivity contribution in [3.63, 3.8) is 0 Å². The van der Waals surface area contributed by atoms with Crippen molar-refractivity contribution < 1.29 is 4.74 Å². The summed E-state index contributed by atoms with van der Waals surface area (Å²) in [5.74, 6) is 1.86. The van der Waals surface area contributed by atoms with E-state index in [0.29, 0.717) is 0 Å². The highest BCUT2D eigenvalue weighted by atomic mass is 16.5. The zero-order valence-electron chi connectivity index (χ0n) is 11.6. The minimum atomic E-state index is 0.0262. The molecule has 0 fully saturated rings. The van der Waals surface area contributed by atoms with Crippen LogP contribution >= 0.6 is 0 Å². The molecule has 1 aliphatic rings. The van der Waals surface area contributed by atoms with Crippen molar-refractivity contribution >= 4 is 5.82 Å². The molecule has 0 spiro atoms. The molecule has 2 rings (SSSR count). The normalized spacial score (nSPS) is 15.5. The molecule has 1 N–H and O–H groups in total. The molecule has 0 bridgehead atoms. The van der Waals surface area contributed by atoms with Gasteiger partial charge in [0.05, 0.1) is 0 Å². The van der Waals surface area contributed by atoms with E-state index in [4.69, 9.17) is 9.72 Å². The Morgan fingerprint density at radius 1 is 1.28 bits per heavy atom. The van der Waals surface area contributed by atoms with Crippen LogP contribution in [-0.2, 0) is 17.6 Å². The standard InChI is InChI=1S/C14H23N3O/c1-4-7-12(18-3)14-16-11-9-6-8-10(11)13(17-14)15-5-2/h12H,4-9H2,1-3H3,(H,15,16,17). The number of methoxy groups -OCH3 is 1. The number of aryl methyl sites for hydroxylation is 1. The third kappa shape index (κ3) is 2.64. The van der Waals surface area contributed by atoms with Gasteiger partial charge in [0.25, 0.3) is 0 Å². The van der Waals surface area contributed by atoms with Crippen LogP contribution in [-0.4, -0.2) is 23.6 Å². The number of hydrogen-bond acceptors (Lipinski definition) is 4. The molecule has 1 aromatic heterocycles. The first-order valence-corrected chi connectivity index (χ1v) is 6.96. The lowest BCUT2D eigenvalue weighted by Crippen LogP contribution is -2.12. The molecule has 1 aromatic rings. The molecule has 18 heavy (non-hydrogen) atoms. The van der Waals surface area contributed by atoms with Crippen LogP contribution in [0.3, 0.4) is 0 Å². The maximum Gasteiger partial charge on any atom is 0.159 e. The second kappa shape index (κ2) is 6.14. The molecule has 1 heterocycles. The molecule has 4 heteroatoms. The van der Waals surface area contributed by atoms with Crippen LogP contribution in [0.4, 0.5) is 5.82 Å². The summed E-state index contributed by atoms with van der Waals surface area (Å²) >= 11 is 0. The number of hydrogen-bond donors (Lipinski definition) is 1. The van der Waals surface area contributed by atoms with E-state index in [-0.39, 0.29) is 6.10 Å². The molecule has 0 saturated heterocycles. The van der Waals surface area contributed by atoms with Crippen molar-refractivity contribution in [2.24, 2.45) is 0 Å². The summed E-state index contributed by atoms with van der Waals surface area (Å²) in [5.41, 5.74) is 2.53. The van der Waals surface area contributed by atoms with Gasteiger partial charge in [0.2, 0.25) is 0 Å². The zero-order chi connectivity index (χ0) is 13.0. The van der Waals surface area contributed by atoms with E-state index in [1.165, 1.54) is 17.7 Å². The fourth-order valence-corrected chi connectivity index (χ4v) is 2.52. The number of nitrogens with one attached hydrogen (secondary N) is 1. The third-order valence-electron chi connectivity index (χ3n) is 3.42. The van der Waals surface area contributed by atoms with Gasteiger partial charge in [-0.15, -0.1) is 0 Å². The van der Waals surface area contributed by atoms with E-state index >= 15 is 0 Å². The van der Waals surface area contributed by atoms with Crippen LogP contribution in [0.5, 0.6) is 0 Å². The lowest BCUT2D eigenvalue weighted by molar-refractivity contribution is 0.0875. The molecule has 4 nitrogen and oxygen atoms in total. The number of aromatic nitrogens is 2. The van der Waals surface area contributed by atoms with Gasteiger partial charge in [-0.05, 0) is 32.6 Å². The Morgan fingerprint density at radius 3 is 2.78 bits per heavy atom. The Labute approximate surface area is 109 Å². The van der Waals surface area contributed by atoms with Crippen molar-refractivity contribution in [2.75, 3.05) is 19.0 Å². The Bertz CT molecular complexity index is 406. The minimum absolute atomic E-state index is 0.0262. The summed E-state index contributed by atoms with van der Waals surface area (Å²) in [6.45, 7) is 5.15. The van der Waals surface area contributed by atoms with Crippen LogP contribution in [0, 0.1) is 0 Å². The highest BCUT2D eigenvalue weighted by Gasteiger charge is 2.22. The van der Waals surface area contributed by atoms with Gasteiger partial charge < -0.3 is 10.1 Å². The first-order valence-electron chi connectivity index (χ1n) is 6.96. The highest BCUT2D eigenvalue weighted by Crippen LogP contribution is 2.29. The molecule has 0 aliphatic heterocycles. The van der Waals surface area contributed by atoms with Crippen LogP contribution in [0.25, 0.3) is 0 Å². The summed E-state index contributed by atoms with van der Waals surface area (Å²) in [4.78, 5) is 9.39. The van der Waals surface area contributed by atoms with Crippen LogP contribution in [0.15, 0.2) is 0 Å². The topological polar surface area (TPSA) is 47.0 Å². The summed E-state index contributed by atoms with van der Waals surface area (Å²) in [7, 11) is 1.74. The van der Waals surface area contributed by atoms with Crippen molar-refractivity contribution in [3.05, 3.63) is 17.1 Å². The van der Waals surface area contributed by atoms with Crippen molar-refractivity contribution in [1.29, 1.82) is 0 Å². The summed E-state index contributed by atoms with van der Waals surface area (Å²) in [6, 6.07) is 0. The molecule has 0 aromatic carbocycles. The summed E-state index contributed by atoms with van der Waals surface area (Å²) < 4.78 is 5.52. The van der Waals surface area contributed by atoms with E-state index in [1.807, 2.05) is 0 Å². The first kappa shape index (κ1) is 13.3. The molecule has 1 atom stereocenters. The number of anilines is 1. The van der Waals surface area contributed by atoms with E-state index < -0.39 is 0 Å². The molecule has 0 amide bonds. The van der Waals surface area contributed by atoms with Gasteiger partial charge >= 0.3 is 0 Å². The fourth-order valence-electron chi connectivity index (χ4n) is 2.52. The highest BCUT2D eigenvalue weighted by molar-refractivity contribution is 5.48. The first-order chi connectivity index (χ1) is 8.80. The number of nitrogens with zero attached hydrogens (tertiary/aromatic N) is 2. The van der Waals surface area contributed by atoms with Crippen LogP contribution < -0.4 is 5.32 Å². The zero-order valence-corrected chi connectivity index (χ0v) is 11.6. The Balaban J connectivity index is 2.33. The Hall–Kier alpha value is -1.16. The largest absolute Gasteiger partial charge is 0.373 e.